The number of alkyl halides is 2. The van der Waals surface area contributed by atoms with Crippen molar-refractivity contribution >= 4 is 35.1 Å². The number of pyridine rings is 1. The number of hydrogen-bond acceptors (Lipinski definition) is 10. The molecule has 3 aromatic carbocycles. The summed E-state index contributed by atoms with van der Waals surface area (Å²) in [5.41, 5.74) is 1.42. The van der Waals surface area contributed by atoms with E-state index in [0.717, 1.165) is 51.2 Å². The summed E-state index contributed by atoms with van der Waals surface area (Å²) in [4.78, 5) is 29.9. The summed E-state index contributed by atoms with van der Waals surface area (Å²) in [7, 11) is 0. The number of aromatic hydroxyl groups is 1. The van der Waals surface area contributed by atoms with Gasteiger partial charge in [-0.15, -0.1) is 0 Å². The highest BCUT2D eigenvalue weighted by Crippen LogP contribution is 2.39. The number of carbonyl (C=O) groups excluding carboxylic acids is 2. The fourth-order valence-corrected chi connectivity index (χ4v) is 7.81. The van der Waals surface area contributed by atoms with Gasteiger partial charge in [0.15, 0.2) is 23.9 Å². The van der Waals surface area contributed by atoms with Gasteiger partial charge in [0.05, 0.1) is 6.61 Å². The minimum atomic E-state index is -3.11. The van der Waals surface area contributed by atoms with E-state index in [2.05, 4.69) is 10.2 Å². The molecule has 0 amide bonds. The van der Waals surface area contributed by atoms with Crippen molar-refractivity contribution in [2.45, 2.75) is 63.5 Å². The van der Waals surface area contributed by atoms with Crippen LogP contribution in [0.15, 0.2) is 79.1 Å². The predicted molar refractivity (Wildman–Crippen MR) is 202 cm³/mol. The molecule has 0 spiro atoms. The molecule has 4 fully saturated rings. The van der Waals surface area contributed by atoms with Crippen molar-refractivity contribution in [2.24, 2.45) is 11.8 Å². The average molecular weight is 813 g/mol. The fraction of sp³-hybridized carbons (Fsp3) is 0.390. The van der Waals surface area contributed by atoms with E-state index in [4.69, 9.17) is 42.1 Å². The zero-order valence-electron chi connectivity index (χ0n) is 30.3. The predicted octanol–water partition coefficient (Wildman–Crippen LogP) is 7.33. The highest BCUT2D eigenvalue weighted by molar-refractivity contribution is 6.35. The molecule has 3 atom stereocenters. The third-order valence-corrected chi connectivity index (χ3v) is 11.1. The van der Waals surface area contributed by atoms with E-state index in [0.29, 0.717) is 33.9 Å². The van der Waals surface area contributed by atoms with Crippen LogP contribution in [-0.2, 0) is 27.2 Å². The van der Waals surface area contributed by atoms with Gasteiger partial charge in [-0.2, -0.15) is 13.5 Å². The van der Waals surface area contributed by atoms with E-state index in [9.17, 15) is 28.7 Å². The van der Waals surface area contributed by atoms with Crippen molar-refractivity contribution in [3.63, 3.8) is 0 Å². The Morgan fingerprint density at radius 1 is 0.946 bits per heavy atom. The van der Waals surface area contributed by atoms with E-state index in [-0.39, 0.29) is 70.0 Å². The van der Waals surface area contributed by atoms with Crippen molar-refractivity contribution in [3.05, 3.63) is 122 Å². The number of halogens is 4. The smallest absolute Gasteiger partial charge is 0.387 e. The van der Waals surface area contributed by atoms with Crippen LogP contribution in [0.3, 0.4) is 0 Å². The van der Waals surface area contributed by atoms with Crippen LogP contribution in [0.2, 0.25) is 10.0 Å². The van der Waals surface area contributed by atoms with E-state index < -0.39 is 30.7 Å². The number of nitrogens with zero attached hydrogens (tertiary/aromatic N) is 2. The van der Waals surface area contributed by atoms with Crippen LogP contribution >= 0.6 is 23.2 Å². The molecule has 4 aliphatic rings. The topological polar surface area (TPSA) is 134 Å². The minimum absolute atomic E-state index is 0.00678. The Kier molecular flexibility index (Phi) is 12.4. The second-order valence-electron chi connectivity index (χ2n) is 14.4. The molecule has 3 aliphatic heterocycles. The molecule has 2 N–H and O–H groups in total. The summed E-state index contributed by atoms with van der Waals surface area (Å²) in [5, 5.41) is 26.7. The van der Waals surface area contributed by atoms with Crippen LogP contribution in [0.4, 0.5) is 8.78 Å². The standard InChI is InChI=1S/C41H41Cl2F2N3O8/c42-31-20-48(52)21-32(43)30(31)18-34(27-11-12-33(56-41(44)45)35(17-27)53-23-24-9-10-24)54-39(50)29-8-4-7-28(38(29)49)19-46-37(26-5-2-1-3-6-26)40(51)55-36-22-47-15-13-25(36)14-16-47/h1-8,11-12,17,20-21,24-25,34,36-37,41,46,49H,9-10,13-16,18-19,22-23H2/t34-,36-,37?/m0/s1. The second-order valence-corrected chi connectivity index (χ2v) is 15.2. The molecule has 1 unspecified atom stereocenters. The molecule has 2 bridgehead atoms. The van der Waals surface area contributed by atoms with E-state index in [1.165, 1.54) is 24.3 Å². The summed E-state index contributed by atoms with van der Waals surface area (Å²) in [6.07, 6.45) is 4.57. The maximum atomic E-state index is 13.9. The maximum Gasteiger partial charge on any atom is 0.387 e. The molecule has 4 heterocycles. The number of piperidine rings is 3. The molecule has 4 aromatic rings. The number of hydrogen-bond donors (Lipinski definition) is 2. The lowest BCUT2D eigenvalue weighted by Gasteiger charge is -2.44. The largest absolute Gasteiger partial charge is 0.619 e. The summed E-state index contributed by atoms with van der Waals surface area (Å²) in [5.74, 6) is -1.30. The average Bonchev–Trinajstić information content (AvgIpc) is 4.01. The number of aromatic nitrogens is 1. The van der Waals surface area contributed by atoms with Crippen molar-refractivity contribution in [3.8, 4) is 17.2 Å². The Balaban J connectivity index is 1.13. The molecule has 0 radical (unpaired) electrons. The number of esters is 2. The van der Waals surface area contributed by atoms with Gasteiger partial charge >= 0.3 is 18.6 Å². The summed E-state index contributed by atoms with van der Waals surface area (Å²) in [6, 6.07) is 17.0. The Hall–Kier alpha value is -4.69. The van der Waals surface area contributed by atoms with Crippen molar-refractivity contribution < 1.29 is 47.2 Å². The first-order valence-corrected chi connectivity index (χ1v) is 19.3. The SMILES string of the molecule is O=C(O[C@@H](Cc1c(Cl)c[n+]([O-])cc1Cl)c1ccc(OC(F)F)c(OCC2CC2)c1)c1cccc(CNC(C(=O)O[C@H]2CN3CCC2CC3)c2ccccc2)c1O. The summed E-state index contributed by atoms with van der Waals surface area (Å²) < 4.78 is 49.7. The Bertz CT molecular complexity index is 2010. The van der Waals surface area contributed by atoms with Crippen LogP contribution in [0.25, 0.3) is 0 Å². The van der Waals surface area contributed by atoms with Gasteiger partial charge in [0.1, 0.15) is 39.6 Å². The maximum absolute atomic E-state index is 13.9. The molecule has 8 rings (SSSR count). The van der Waals surface area contributed by atoms with Gasteiger partial charge < -0.3 is 29.3 Å². The zero-order valence-corrected chi connectivity index (χ0v) is 31.8. The van der Waals surface area contributed by atoms with Crippen LogP contribution in [0.1, 0.15) is 70.4 Å². The number of carbonyl (C=O) groups is 2. The van der Waals surface area contributed by atoms with Crippen molar-refractivity contribution in [1.82, 2.24) is 10.2 Å². The summed E-state index contributed by atoms with van der Waals surface area (Å²) >= 11 is 12.8. The Labute approximate surface area is 332 Å². The van der Waals surface area contributed by atoms with Gasteiger partial charge in [-0.25, -0.2) is 9.59 Å². The summed E-state index contributed by atoms with van der Waals surface area (Å²) in [6.45, 7) is -0.125. The van der Waals surface area contributed by atoms with E-state index >= 15 is 0 Å². The number of ether oxygens (including phenoxy) is 4. The van der Waals surface area contributed by atoms with Crippen LogP contribution < -0.4 is 19.5 Å². The number of benzene rings is 3. The van der Waals surface area contributed by atoms with Crippen LogP contribution in [-0.4, -0.2) is 60.9 Å². The monoisotopic (exact) mass is 811 g/mol. The number of rotatable bonds is 16. The first-order chi connectivity index (χ1) is 27.0. The van der Waals surface area contributed by atoms with Crippen molar-refractivity contribution in [1.29, 1.82) is 0 Å². The first-order valence-electron chi connectivity index (χ1n) is 18.5. The number of nitrogens with one attached hydrogen (secondary N) is 1. The fourth-order valence-electron chi connectivity index (χ4n) is 7.21. The van der Waals surface area contributed by atoms with Crippen LogP contribution in [0, 0.1) is 17.0 Å². The van der Waals surface area contributed by atoms with Crippen molar-refractivity contribution in [2.75, 3.05) is 26.2 Å². The highest BCUT2D eigenvalue weighted by atomic mass is 35.5. The molecular formula is C41H41Cl2F2N3O8. The lowest BCUT2D eigenvalue weighted by atomic mass is 9.86. The van der Waals surface area contributed by atoms with E-state index in [1.807, 2.05) is 30.3 Å². The Morgan fingerprint density at radius 3 is 2.34 bits per heavy atom. The molecule has 1 saturated carbocycles. The minimum Gasteiger partial charge on any atom is -0.619 e. The number of phenolic OH excluding ortho intramolecular Hbond substituents is 1. The van der Waals surface area contributed by atoms with Gasteiger partial charge in [-0.1, -0.05) is 71.7 Å². The lowest BCUT2D eigenvalue weighted by Crippen LogP contribution is -2.52. The molecule has 11 nitrogen and oxygen atoms in total. The molecule has 1 aromatic heterocycles. The highest BCUT2D eigenvalue weighted by Gasteiger charge is 2.38. The lowest BCUT2D eigenvalue weighted by molar-refractivity contribution is -0.605. The number of phenols is 1. The van der Waals surface area contributed by atoms with Gasteiger partial charge in [0.25, 0.3) is 0 Å². The molecule has 1 aliphatic carbocycles. The van der Waals surface area contributed by atoms with Gasteiger partial charge in [-0.05, 0) is 79.9 Å². The van der Waals surface area contributed by atoms with Gasteiger partial charge in [0.2, 0.25) is 0 Å². The second kappa shape index (κ2) is 17.6. The van der Waals surface area contributed by atoms with Gasteiger partial charge in [-0.3, -0.25) is 10.2 Å². The molecular weight excluding hydrogens is 771 g/mol. The quantitative estimate of drug-likeness (QED) is 0.0674. The van der Waals surface area contributed by atoms with Crippen LogP contribution in [0.5, 0.6) is 17.2 Å². The number of fused-ring (bicyclic) bond motifs is 3. The molecule has 15 heteroatoms. The zero-order chi connectivity index (χ0) is 39.3. The first kappa shape index (κ1) is 39.5. The number of para-hydroxylation sites is 1. The normalized spacial score (nSPS) is 20.0. The van der Waals surface area contributed by atoms with Gasteiger partial charge in [0, 0.05) is 30.6 Å². The Morgan fingerprint density at radius 2 is 1.68 bits per heavy atom. The third-order valence-electron chi connectivity index (χ3n) is 10.5. The molecule has 296 valence electrons. The third kappa shape index (κ3) is 9.63. The molecule has 56 heavy (non-hydrogen) atoms. The molecule has 3 saturated heterocycles. The van der Waals surface area contributed by atoms with E-state index in [1.54, 1.807) is 12.1 Å².